The van der Waals surface area contributed by atoms with Crippen LogP contribution in [0.3, 0.4) is 0 Å². The molecule has 0 radical (unpaired) electrons. The molecule has 0 saturated carbocycles. The van der Waals surface area contributed by atoms with Crippen molar-refractivity contribution in [1.29, 1.82) is 0 Å². The molecule has 0 unspecified atom stereocenters. The van der Waals surface area contributed by atoms with Gasteiger partial charge in [0.1, 0.15) is 6.61 Å². The summed E-state index contributed by atoms with van der Waals surface area (Å²) in [5.41, 5.74) is 0. The number of carbonyl (C=O) groups is 2. The van der Waals surface area contributed by atoms with Crippen LogP contribution in [0.2, 0.25) is 0 Å². The molecular weight excluding hydrogens is 495 g/mol. The van der Waals surface area contributed by atoms with Crippen molar-refractivity contribution < 1.29 is 107 Å². The number of rotatable bonds is 14. The molecule has 0 spiro atoms. The van der Waals surface area contributed by atoms with Gasteiger partial charge in [-0.2, -0.15) is 0 Å². The normalized spacial score (nSPS) is 9.60. The maximum absolute atomic E-state index is 12.0. The Morgan fingerprint density at radius 1 is 0.886 bits per heavy atom. The summed E-state index contributed by atoms with van der Waals surface area (Å²) in [5, 5.41) is 0. The van der Waals surface area contributed by atoms with E-state index in [1.165, 1.54) is 6.42 Å². The quantitative estimate of drug-likeness (QED) is 0.0621. The molecule has 3 N–H and O–H groups in total. The number of unbranched alkanes of at least 4 members (excludes halogenated alkanes) is 6. The van der Waals surface area contributed by atoms with E-state index < -0.39 is 39.1 Å². The molecule has 0 aliphatic heterocycles. The third-order valence-electron chi connectivity index (χ3n) is 3.70. The Hall–Kier alpha value is -0.750. The third kappa shape index (κ3) is 31.2. The van der Waals surface area contributed by atoms with Crippen LogP contribution in [0.1, 0.15) is 75.2 Å². The number of phosphoric ester groups is 1. The summed E-state index contributed by atoms with van der Waals surface area (Å²) in [5.74, 6) is 17.2. The maximum atomic E-state index is 12.0. The Balaban J connectivity index is -0.000000107. The summed E-state index contributed by atoms with van der Waals surface area (Å²) in [4.78, 5) is 45.0. The maximum Gasteiger partial charge on any atom is 1.00 e. The molecule has 0 aliphatic carbocycles. The summed E-state index contributed by atoms with van der Waals surface area (Å²) in [7, 11) is -5.28. The Labute approximate surface area is 263 Å². The molecule has 196 valence electrons. The first-order valence-electron chi connectivity index (χ1n) is 10.2. The van der Waals surface area contributed by atoms with Gasteiger partial charge in [0.05, 0.1) is 14.4 Å². The average molecular weight is 540 g/mol. The van der Waals surface area contributed by atoms with Crippen LogP contribution in [0.5, 0.6) is 0 Å². The van der Waals surface area contributed by atoms with Gasteiger partial charge in [-0.05, 0) is 48.9 Å². The molecule has 0 amide bonds. The van der Waals surface area contributed by atoms with Gasteiger partial charge in [0, 0.05) is 22.3 Å². The van der Waals surface area contributed by atoms with Gasteiger partial charge >= 0.3 is 71.1 Å². The second-order valence-electron chi connectivity index (χ2n) is 6.45. The van der Waals surface area contributed by atoms with Crippen molar-refractivity contribution in [2.75, 3.05) is 13.2 Å². The van der Waals surface area contributed by atoms with E-state index >= 15 is 0 Å². The predicted octanol–water partition coefficient (Wildman–Crippen LogP) is -2.65. The molecule has 0 aromatic carbocycles. The zero-order valence-electron chi connectivity index (χ0n) is 21.1. The first kappa shape index (κ1) is 41.4. The van der Waals surface area contributed by atoms with Crippen LogP contribution in [0.25, 0.3) is 0 Å². The molecule has 0 fully saturated rings. The van der Waals surface area contributed by atoms with Gasteiger partial charge in [-0.1, -0.05) is 51.4 Å². The van der Waals surface area contributed by atoms with Crippen molar-refractivity contribution >= 4 is 19.8 Å². The number of carbonyl (C=O) groups excluding carboxylic acids is 2. The minimum Gasteiger partial charge on any atom is -0.790 e. The Bertz CT molecular complexity index is 919. The Morgan fingerprint density at radius 3 is 2.00 bits per heavy atom. The van der Waals surface area contributed by atoms with Crippen molar-refractivity contribution in [3.8, 4) is 47.4 Å². The van der Waals surface area contributed by atoms with Gasteiger partial charge < -0.3 is 34.5 Å². The van der Waals surface area contributed by atoms with Gasteiger partial charge in [0.15, 0.2) is 6.10 Å². The molecule has 0 bridgehead atoms. The molecule has 0 aliphatic rings. The van der Waals surface area contributed by atoms with Gasteiger partial charge in [-0.15, -0.1) is 0 Å². The van der Waals surface area contributed by atoms with E-state index in [0.717, 1.165) is 32.1 Å². The second kappa shape index (κ2) is 27.8. The standard InChI is InChI=1S/C23H29O8P.H3N.2Na.7H2/c1-3-5-7-9-11-13-15-17-22(24)29-19-21(20-30-32(26,27)28)31-23(25)18-16-14-12-10-8-6-4-2;;;;;;;;;;/h21H,4,6,8,10,12,14,16,18-20H2,1-2H3,(H2,26,27,28);1H3;;;7*1H/q;;2*+1;;;;;;;/p-2/t21-;;;;;;;;;;/m0........../s1. The summed E-state index contributed by atoms with van der Waals surface area (Å²) in [6.45, 7) is 2.46. The topological polar surface area (TPSA) is 160 Å². The smallest absolute Gasteiger partial charge is 0.790 e. The van der Waals surface area contributed by atoms with Crippen LogP contribution in [0.4, 0.5) is 0 Å². The number of phosphoric acid groups is 1. The monoisotopic (exact) mass is 539 g/mol. The molecule has 0 heterocycles. The number of hydrogen-bond acceptors (Lipinski definition) is 9. The third-order valence-corrected chi connectivity index (χ3v) is 4.17. The largest absolute Gasteiger partial charge is 1.00 e. The number of esters is 2. The molecule has 0 saturated heterocycles. The fourth-order valence-corrected chi connectivity index (χ4v) is 2.59. The SMILES string of the molecule is CC#CC#CC#CC#CC(=O)OC[C@@H](COP(=O)([O-])[O-])OC(=O)CCCCCCCCC.N.[HH].[HH].[HH].[HH].[HH].[HH].[HH].[Na+].[Na+]. The van der Waals surface area contributed by atoms with E-state index in [1.54, 1.807) is 6.92 Å². The first-order chi connectivity index (χ1) is 15.3. The van der Waals surface area contributed by atoms with Crippen LogP contribution in [0.15, 0.2) is 0 Å². The molecular formula is C23H44NNa2O8P. The van der Waals surface area contributed by atoms with Crippen LogP contribution >= 0.6 is 7.82 Å². The zero-order chi connectivity index (χ0) is 24.1. The van der Waals surface area contributed by atoms with E-state index in [9.17, 15) is 23.9 Å². The van der Waals surface area contributed by atoms with Crippen molar-refractivity contribution in [2.45, 2.75) is 71.3 Å². The molecule has 0 rings (SSSR count). The van der Waals surface area contributed by atoms with Crippen LogP contribution < -0.4 is 75.1 Å². The Kier molecular flexibility index (Phi) is 32.9. The van der Waals surface area contributed by atoms with E-state index in [1.807, 2.05) is 0 Å². The fourth-order valence-electron chi connectivity index (χ4n) is 2.24. The minimum absolute atomic E-state index is 0. The molecule has 1 atom stereocenters. The summed E-state index contributed by atoms with van der Waals surface area (Å²) >= 11 is 0. The van der Waals surface area contributed by atoms with Crippen molar-refractivity contribution in [2.24, 2.45) is 0 Å². The zero-order valence-corrected chi connectivity index (χ0v) is 26.0. The predicted molar refractivity (Wildman–Crippen MR) is 134 cm³/mol. The second-order valence-corrected chi connectivity index (χ2v) is 7.60. The van der Waals surface area contributed by atoms with E-state index in [-0.39, 0.29) is 81.7 Å². The molecule has 9 nitrogen and oxygen atoms in total. The summed E-state index contributed by atoms with van der Waals surface area (Å²) in [6.07, 6.45) is 5.92. The van der Waals surface area contributed by atoms with Gasteiger partial charge in [-0.25, -0.2) is 4.79 Å². The van der Waals surface area contributed by atoms with Gasteiger partial charge in [0.2, 0.25) is 0 Å². The molecule has 0 aromatic rings. The molecule has 0 aromatic heterocycles. The van der Waals surface area contributed by atoms with Crippen LogP contribution in [0, 0.1) is 47.4 Å². The fraction of sp³-hybridized carbons (Fsp3) is 0.565. The average Bonchev–Trinajstić information content (AvgIpc) is 2.73. The summed E-state index contributed by atoms with van der Waals surface area (Å²) < 4.78 is 24.7. The number of ether oxygens (including phenoxy) is 2. The first-order valence-corrected chi connectivity index (χ1v) is 11.7. The van der Waals surface area contributed by atoms with Gasteiger partial charge in [-0.3, -0.25) is 4.79 Å². The Morgan fingerprint density at radius 2 is 1.43 bits per heavy atom. The van der Waals surface area contributed by atoms with E-state index in [4.69, 9.17) is 9.47 Å². The van der Waals surface area contributed by atoms with Crippen molar-refractivity contribution in [3.63, 3.8) is 0 Å². The molecule has 35 heavy (non-hydrogen) atoms. The molecule has 12 heteroatoms. The van der Waals surface area contributed by atoms with E-state index in [0.29, 0.717) is 6.42 Å². The van der Waals surface area contributed by atoms with Crippen molar-refractivity contribution in [3.05, 3.63) is 0 Å². The van der Waals surface area contributed by atoms with Crippen LogP contribution in [-0.4, -0.2) is 31.3 Å². The number of hydrogen-bond donors (Lipinski definition) is 1. The summed E-state index contributed by atoms with van der Waals surface area (Å²) in [6, 6.07) is 0. The van der Waals surface area contributed by atoms with Crippen molar-refractivity contribution in [1.82, 2.24) is 6.15 Å². The van der Waals surface area contributed by atoms with Gasteiger partial charge in [0.25, 0.3) is 0 Å². The van der Waals surface area contributed by atoms with Crippen LogP contribution in [-0.2, 0) is 28.2 Å². The minimum atomic E-state index is -5.28. The van der Waals surface area contributed by atoms with E-state index in [2.05, 4.69) is 58.8 Å².